The summed E-state index contributed by atoms with van der Waals surface area (Å²) in [6.45, 7) is 2.28. The molecule has 3 nitrogen and oxygen atoms in total. The number of hydrogen-bond donors (Lipinski definition) is 0. The molecule has 0 spiro atoms. The van der Waals surface area contributed by atoms with Gasteiger partial charge < -0.3 is 4.89 Å². The smallest absolute Gasteiger partial charge is 0.373 e. The zero-order valence-electron chi connectivity index (χ0n) is 19.5. The Morgan fingerprint density at radius 1 is 0.714 bits per heavy atom. The van der Waals surface area contributed by atoms with Gasteiger partial charge in [-0.3, -0.25) is 4.48 Å². The summed E-state index contributed by atoms with van der Waals surface area (Å²) >= 11 is 0. The van der Waals surface area contributed by atoms with Gasteiger partial charge in [0.05, 0.1) is 27.6 Å². The standard InChI is InChI=1S/C24H49NO2P/c1-5-6-7-8-9-10-11-12-13-14-15-16-17-18-19-20-21-22-23-24(28(26)27)25(2,3)4/h20-21,24H,5-19,22-23H2,1-4H3/q+1/b21-20-. The monoisotopic (exact) mass is 414 g/mol. The fourth-order valence-corrected chi connectivity index (χ4v) is 4.64. The first-order valence-corrected chi connectivity index (χ1v) is 13.2. The third-order valence-corrected chi connectivity index (χ3v) is 7.06. The summed E-state index contributed by atoms with van der Waals surface area (Å²) < 4.78 is 11.8. The van der Waals surface area contributed by atoms with E-state index in [-0.39, 0.29) is 5.78 Å². The van der Waals surface area contributed by atoms with Crippen molar-refractivity contribution in [3.8, 4) is 0 Å². The predicted octanol–water partition coefficient (Wildman–Crippen LogP) is 7.33. The van der Waals surface area contributed by atoms with Crippen LogP contribution in [0.5, 0.6) is 0 Å². The highest BCUT2D eigenvalue weighted by atomic mass is 31.1. The van der Waals surface area contributed by atoms with Crippen molar-refractivity contribution in [2.24, 2.45) is 0 Å². The molecule has 4 heteroatoms. The second kappa shape index (κ2) is 18.8. The highest BCUT2D eigenvalue weighted by Crippen LogP contribution is 2.28. The van der Waals surface area contributed by atoms with E-state index in [4.69, 9.17) is 0 Å². The summed E-state index contributed by atoms with van der Waals surface area (Å²) in [6, 6.07) is 0. The molecule has 0 heterocycles. The lowest BCUT2D eigenvalue weighted by atomic mass is 10.0. The van der Waals surface area contributed by atoms with Gasteiger partial charge in [-0.25, -0.2) is 0 Å². The molecule has 0 bridgehead atoms. The molecule has 0 aromatic heterocycles. The van der Waals surface area contributed by atoms with Crippen molar-refractivity contribution >= 4 is 8.03 Å². The summed E-state index contributed by atoms with van der Waals surface area (Å²) in [5, 5.41) is 0. The van der Waals surface area contributed by atoms with Crippen LogP contribution in [0.25, 0.3) is 0 Å². The van der Waals surface area contributed by atoms with E-state index < -0.39 is 8.03 Å². The molecule has 0 aliphatic carbocycles. The molecule has 0 N–H and O–H groups in total. The van der Waals surface area contributed by atoms with E-state index >= 15 is 0 Å². The van der Waals surface area contributed by atoms with Gasteiger partial charge in [-0.2, -0.15) is 0 Å². The summed E-state index contributed by atoms with van der Waals surface area (Å²) in [5.74, 6) is -0.277. The molecule has 0 rings (SSSR count). The normalized spacial score (nSPS) is 14.0. The maximum atomic E-state index is 11.4. The average Bonchev–Trinajstić information content (AvgIpc) is 2.62. The highest BCUT2D eigenvalue weighted by Gasteiger charge is 2.34. The molecule has 0 saturated carbocycles. The first-order valence-electron chi connectivity index (χ1n) is 12.0. The molecule has 0 aliphatic rings. The van der Waals surface area contributed by atoms with Gasteiger partial charge in [0, 0.05) is 0 Å². The van der Waals surface area contributed by atoms with Crippen LogP contribution in [0.2, 0.25) is 0 Å². The van der Waals surface area contributed by atoms with Crippen molar-refractivity contribution < 1.29 is 13.9 Å². The van der Waals surface area contributed by atoms with Crippen LogP contribution >= 0.6 is 8.03 Å². The first kappa shape index (κ1) is 27.8. The number of rotatable bonds is 20. The molecular formula is C24H49NO2P+. The summed E-state index contributed by atoms with van der Waals surface area (Å²) in [6.07, 6.45) is 26.7. The average molecular weight is 415 g/mol. The molecule has 0 saturated heterocycles. The Kier molecular flexibility index (Phi) is 18.6. The third-order valence-electron chi connectivity index (χ3n) is 5.62. The fraction of sp³-hybridized carbons (Fsp3) is 0.917. The van der Waals surface area contributed by atoms with Gasteiger partial charge >= 0.3 is 8.03 Å². The van der Waals surface area contributed by atoms with Crippen LogP contribution < -0.4 is 4.89 Å². The molecule has 0 fully saturated rings. The van der Waals surface area contributed by atoms with Crippen LogP contribution in [0.4, 0.5) is 0 Å². The molecule has 0 amide bonds. The minimum atomic E-state index is -2.36. The number of unbranched alkanes of at least 4 members (excludes halogenated alkanes) is 14. The van der Waals surface area contributed by atoms with Crippen LogP contribution in [-0.4, -0.2) is 31.4 Å². The van der Waals surface area contributed by atoms with E-state index in [1.54, 1.807) is 0 Å². The lowest BCUT2D eigenvalue weighted by Gasteiger charge is -2.27. The Bertz CT molecular complexity index is 391. The van der Waals surface area contributed by atoms with Crippen molar-refractivity contribution in [1.29, 1.82) is 0 Å². The van der Waals surface area contributed by atoms with Gasteiger partial charge in [-0.1, -0.05) is 107 Å². The molecule has 0 aromatic rings. The SMILES string of the molecule is CCCCCCCCCCCCCCCC/C=C\CCC([P+](=O)[O-])[N+](C)(C)C. The zero-order valence-corrected chi connectivity index (χ0v) is 20.4. The number of hydrogen-bond acceptors (Lipinski definition) is 2. The quantitative estimate of drug-likeness (QED) is 0.0905. The van der Waals surface area contributed by atoms with Crippen molar-refractivity contribution in [3.05, 3.63) is 12.2 Å². The largest absolute Gasteiger partial charge is 0.591 e. The van der Waals surface area contributed by atoms with Crippen LogP contribution in [0, 0.1) is 0 Å². The lowest BCUT2D eigenvalue weighted by molar-refractivity contribution is -0.883. The number of nitrogens with zero attached hydrogens (tertiary/aromatic N) is 1. The zero-order chi connectivity index (χ0) is 21.1. The van der Waals surface area contributed by atoms with Crippen LogP contribution in [0.15, 0.2) is 12.2 Å². The lowest BCUT2D eigenvalue weighted by Crippen LogP contribution is -2.44. The summed E-state index contributed by atoms with van der Waals surface area (Å²) in [5.41, 5.74) is 0. The second-order valence-electron chi connectivity index (χ2n) is 9.32. The van der Waals surface area contributed by atoms with E-state index in [9.17, 15) is 9.46 Å². The molecule has 2 unspecified atom stereocenters. The molecule has 0 aromatic carbocycles. The maximum absolute atomic E-state index is 11.4. The Labute approximate surface area is 177 Å². The molecule has 28 heavy (non-hydrogen) atoms. The minimum absolute atomic E-state index is 0.277. The van der Waals surface area contributed by atoms with Gasteiger partial charge in [0.1, 0.15) is 0 Å². The Balaban J connectivity index is 3.37. The minimum Gasteiger partial charge on any atom is -0.591 e. The van der Waals surface area contributed by atoms with Crippen LogP contribution in [0.1, 0.15) is 116 Å². The Morgan fingerprint density at radius 2 is 1.11 bits per heavy atom. The number of quaternary nitrogens is 1. The van der Waals surface area contributed by atoms with Crippen molar-refractivity contribution in [2.75, 3.05) is 21.1 Å². The van der Waals surface area contributed by atoms with Crippen LogP contribution in [-0.2, 0) is 4.57 Å². The van der Waals surface area contributed by atoms with E-state index in [2.05, 4.69) is 19.1 Å². The molecule has 0 aliphatic heterocycles. The van der Waals surface area contributed by atoms with Gasteiger partial charge in [0.2, 0.25) is 0 Å². The number of allylic oxidation sites excluding steroid dienone is 2. The summed E-state index contributed by atoms with van der Waals surface area (Å²) in [4.78, 5) is 11.4. The van der Waals surface area contributed by atoms with E-state index in [0.717, 1.165) is 19.3 Å². The van der Waals surface area contributed by atoms with E-state index in [0.29, 0.717) is 4.48 Å². The van der Waals surface area contributed by atoms with Crippen molar-refractivity contribution in [2.45, 2.75) is 122 Å². The van der Waals surface area contributed by atoms with Gasteiger partial charge in [-0.05, 0) is 19.3 Å². The molecule has 166 valence electrons. The summed E-state index contributed by atoms with van der Waals surface area (Å²) in [7, 11) is 3.50. The van der Waals surface area contributed by atoms with Gasteiger partial charge in [-0.15, -0.1) is 0 Å². The fourth-order valence-electron chi connectivity index (χ4n) is 3.71. The molecule has 0 radical (unpaired) electrons. The molecular weight excluding hydrogens is 365 g/mol. The van der Waals surface area contributed by atoms with Crippen LogP contribution in [0.3, 0.4) is 0 Å². The van der Waals surface area contributed by atoms with Crippen molar-refractivity contribution in [3.63, 3.8) is 0 Å². The third kappa shape index (κ3) is 17.8. The Hall–Kier alpha value is -0.240. The topological polar surface area (TPSA) is 40.1 Å². The van der Waals surface area contributed by atoms with Gasteiger partial charge in [0.15, 0.2) is 0 Å². The van der Waals surface area contributed by atoms with Gasteiger partial charge in [0.25, 0.3) is 5.78 Å². The Morgan fingerprint density at radius 3 is 1.50 bits per heavy atom. The van der Waals surface area contributed by atoms with Crippen molar-refractivity contribution in [1.82, 2.24) is 0 Å². The highest BCUT2D eigenvalue weighted by molar-refractivity contribution is 7.37. The maximum Gasteiger partial charge on any atom is 0.373 e. The van der Waals surface area contributed by atoms with E-state index in [1.165, 1.54) is 89.9 Å². The first-order chi connectivity index (χ1) is 13.4. The second-order valence-corrected chi connectivity index (χ2v) is 10.5. The predicted molar refractivity (Wildman–Crippen MR) is 123 cm³/mol. The van der Waals surface area contributed by atoms with E-state index in [1.807, 2.05) is 21.1 Å². The molecule has 2 atom stereocenters.